The molecule has 1 amide bonds. The highest BCUT2D eigenvalue weighted by molar-refractivity contribution is 5.82. The molecule has 1 N–H and O–H groups in total. The van der Waals surface area contributed by atoms with E-state index in [-0.39, 0.29) is 30.5 Å². The number of carboxylic acid groups (broad SMARTS) is 1. The van der Waals surface area contributed by atoms with Crippen molar-refractivity contribution in [3.8, 4) is 5.75 Å². The van der Waals surface area contributed by atoms with Gasteiger partial charge in [-0.3, -0.25) is 9.59 Å². The third-order valence-corrected chi connectivity index (χ3v) is 4.76. The summed E-state index contributed by atoms with van der Waals surface area (Å²) >= 11 is 0. The van der Waals surface area contributed by atoms with Gasteiger partial charge in [-0.15, -0.1) is 0 Å². The standard InChI is InChI=1S/C17H22FNO4/c1-11(2)17(16(21)22)6-7-19(10-17)15(20)9-12-4-5-14(23-3)13(18)8-12/h4-5,8,11H,6-7,9-10H2,1-3H3,(H,21,22). The maximum absolute atomic E-state index is 13.7. The molecule has 0 bridgehead atoms. The van der Waals surface area contributed by atoms with Crippen molar-refractivity contribution in [1.82, 2.24) is 4.90 Å². The van der Waals surface area contributed by atoms with E-state index in [1.807, 2.05) is 13.8 Å². The van der Waals surface area contributed by atoms with Crippen LogP contribution in [0.1, 0.15) is 25.8 Å². The average Bonchev–Trinajstić information content (AvgIpc) is 2.94. The molecule has 1 unspecified atom stereocenters. The highest BCUT2D eigenvalue weighted by atomic mass is 19.1. The summed E-state index contributed by atoms with van der Waals surface area (Å²) in [5, 5.41) is 9.52. The van der Waals surface area contributed by atoms with Crippen molar-refractivity contribution in [1.29, 1.82) is 0 Å². The molecular weight excluding hydrogens is 301 g/mol. The molecule has 0 radical (unpaired) electrons. The third-order valence-electron chi connectivity index (χ3n) is 4.76. The van der Waals surface area contributed by atoms with E-state index >= 15 is 0 Å². The quantitative estimate of drug-likeness (QED) is 0.903. The van der Waals surface area contributed by atoms with Crippen molar-refractivity contribution in [2.75, 3.05) is 20.2 Å². The molecule has 0 spiro atoms. The fourth-order valence-corrected chi connectivity index (χ4v) is 3.05. The molecule has 2 rings (SSSR count). The van der Waals surface area contributed by atoms with Gasteiger partial charge in [0.05, 0.1) is 18.9 Å². The molecule has 1 fully saturated rings. The lowest BCUT2D eigenvalue weighted by Gasteiger charge is -2.28. The average molecular weight is 323 g/mol. The lowest BCUT2D eigenvalue weighted by atomic mass is 9.76. The maximum Gasteiger partial charge on any atom is 0.311 e. The number of nitrogens with zero attached hydrogens (tertiary/aromatic N) is 1. The minimum absolute atomic E-state index is 0.0503. The van der Waals surface area contributed by atoms with Crippen LogP contribution in [0.3, 0.4) is 0 Å². The number of carboxylic acids is 1. The van der Waals surface area contributed by atoms with Gasteiger partial charge in [-0.2, -0.15) is 0 Å². The Kier molecular flexibility index (Phi) is 4.92. The van der Waals surface area contributed by atoms with E-state index in [1.165, 1.54) is 19.2 Å². The maximum atomic E-state index is 13.7. The molecule has 23 heavy (non-hydrogen) atoms. The highest BCUT2D eigenvalue weighted by Crippen LogP contribution is 2.38. The zero-order valence-electron chi connectivity index (χ0n) is 13.6. The molecule has 6 heteroatoms. The first kappa shape index (κ1) is 17.2. The number of likely N-dealkylation sites (tertiary alicyclic amines) is 1. The third kappa shape index (κ3) is 3.30. The van der Waals surface area contributed by atoms with Crippen LogP contribution in [0.15, 0.2) is 18.2 Å². The van der Waals surface area contributed by atoms with E-state index in [0.29, 0.717) is 18.5 Å². The topological polar surface area (TPSA) is 66.8 Å². The lowest BCUT2D eigenvalue weighted by molar-refractivity contribution is -0.151. The molecule has 0 saturated carbocycles. The van der Waals surface area contributed by atoms with Gasteiger partial charge >= 0.3 is 5.97 Å². The largest absolute Gasteiger partial charge is 0.494 e. The van der Waals surface area contributed by atoms with Gasteiger partial charge in [-0.05, 0) is 30.0 Å². The monoisotopic (exact) mass is 323 g/mol. The summed E-state index contributed by atoms with van der Waals surface area (Å²) in [6.45, 7) is 4.35. The number of hydrogen-bond acceptors (Lipinski definition) is 3. The number of aliphatic carboxylic acids is 1. The van der Waals surface area contributed by atoms with Gasteiger partial charge in [0.15, 0.2) is 11.6 Å². The number of amides is 1. The fourth-order valence-electron chi connectivity index (χ4n) is 3.05. The molecule has 0 aromatic heterocycles. The number of methoxy groups -OCH3 is 1. The second-order valence-corrected chi connectivity index (χ2v) is 6.33. The van der Waals surface area contributed by atoms with Crippen molar-refractivity contribution in [2.24, 2.45) is 11.3 Å². The Morgan fingerprint density at radius 2 is 2.13 bits per heavy atom. The summed E-state index contributed by atoms with van der Waals surface area (Å²) < 4.78 is 18.5. The first-order chi connectivity index (χ1) is 10.8. The van der Waals surface area contributed by atoms with Crippen LogP contribution in [0.25, 0.3) is 0 Å². The number of hydrogen-bond donors (Lipinski definition) is 1. The Morgan fingerprint density at radius 1 is 1.43 bits per heavy atom. The Labute approximate surface area is 135 Å². The molecule has 126 valence electrons. The smallest absolute Gasteiger partial charge is 0.311 e. The van der Waals surface area contributed by atoms with Crippen molar-refractivity contribution < 1.29 is 23.8 Å². The van der Waals surface area contributed by atoms with Crippen LogP contribution in [0.2, 0.25) is 0 Å². The van der Waals surface area contributed by atoms with E-state index in [4.69, 9.17) is 4.74 Å². The van der Waals surface area contributed by atoms with Crippen LogP contribution in [-0.4, -0.2) is 42.1 Å². The molecule has 5 nitrogen and oxygen atoms in total. The Morgan fingerprint density at radius 3 is 2.61 bits per heavy atom. The summed E-state index contributed by atoms with van der Waals surface area (Å²) in [5.74, 6) is -1.48. The highest BCUT2D eigenvalue weighted by Gasteiger charge is 2.48. The van der Waals surface area contributed by atoms with E-state index < -0.39 is 17.2 Å². The van der Waals surface area contributed by atoms with E-state index in [0.717, 1.165) is 0 Å². The Bertz CT molecular complexity index is 617. The fraction of sp³-hybridized carbons (Fsp3) is 0.529. The van der Waals surface area contributed by atoms with Crippen molar-refractivity contribution >= 4 is 11.9 Å². The van der Waals surface area contributed by atoms with Crippen LogP contribution in [-0.2, 0) is 16.0 Å². The predicted molar refractivity (Wildman–Crippen MR) is 82.8 cm³/mol. The summed E-state index contributed by atoms with van der Waals surface area (Å²) in [5.41, 5.74) is -0.341. The second kappa shape index (κ2) is 6.56. The van der Waals surface area contributed by atoms with Crippen LogP contribution >= 0.6 is 0 Å². The minimum atomic E-state index is -0.888. The van der Waals surface area contributed by atoms with Gasteiger partial charge in [0.2, 0.25) is 5.91 Å². The second-order valence-electron chi connectivity index (χ2n) is 6.33. The van der Waals surface area contributed by atoms with Crippen molar-refractivity contribution in [2.45, 2.75) is 26.7 Å². The molecule has 1 atom stereocenters. The molecule has 1 aromatic carbocycles. The van der Waals surface area contributed by atoms with Crippen LogP contribution in [0.4, 0.5) is 4.39 Å². The number of rotatable bonds is 5. The molecule has 1 saturated heterocycles. The first-order valence-corrected chi connectivity index (χ1v) is 7.63. The predicted octanol–water partition coefficient (Wildman–Crippen LogP) is 2.34. The van der Waals surface area contributed by atoms with Gasteiger partial charge in [0, 0.05) is 13.1 Å². The van der Waals surface area contributed by atoms with E-state index in [1.54, 1.807) is 11.0 Å². The van der Waals surface area contributed by atoms with Crippen molar-refractivity contribution in [3.05, 3.63) is 29.6 Å². The molecule has 1 aromatic rings. The zero-order chi connectivity index (χ0) is 17.2. The summed E-state index contributed by atoms with van der Waals surface area (Å²) in [6, 6.07) is 4.40. The van der Waals surface area contributed by atoms with Gasteiger partial charge in [0.1, 0.15) is 0 Å². The number of halogens is 1. The minimum Gasteiger partial charge on any atom is -0.494 e. The van der Waals surface area contributed by atoms with Crippen molar-refractivity contribution in [3.63, 3.8) is 0 Å². The van der Waals surface area contributed by atoms with Gasteiger partial charge in [0.25, 0.3) is 0 Å². The molecular formula is C17H22FNO4. The normalized spacial score (nSPS) is 20.8. The zero-order valence-corrected chi connectivity index (χ0v) is 13.6. The van der Waals surface area contributed by atoms with Crippen LogP contribution in [0, 0.1) is 17.2 Å². The lowest BCUT2D eigenvalue weighted by Crippen LogP contribution is -2.41. The summed E-state index contributed by atoms with van der Waals surface area (Å²) in [7, 11) is 1.38. The summed E-state index contributed by atoms with van der Waals surface area (Å²) in [4.78, 5) is 25.6. The van der Waals surface area contributed by atoms with Gasteiger partial charge in [-0.1, -0.05) is 19.9 Å². The van der Waals surface area contributed by atoms with E-state index in [2.05, 4.69) is 0 Å². The van der Waals surface area contributed by atoms with Gasteiger partial charge < -0.3 is 14.7 Å². The molecule has 0 aliphatic carbocycles. The number of benzene rings is 1. The Hall–Kier alpha value is -2.11. The first-order valence-electron chi connectivity index (χ1n) is 7.63. The summed E-state index contributed by atoms with van der Waals surface area (Å²) in [6.07, 6.45) is 0.497. The van der Waals surface area contributed by atoms with E-state index in [9.17, 15) is 19.1 Å². The number of carbonyl (C=O) groups excluding carboxylic acids is 1. The SMILES string of the molecule is COc1ccc(CC(=O)N2CCC(C(=O)O)(C(C)C)C2)cc1F. The van der Waals surface area contributed by atoms with Crippen LogP contribution < -0.4 is 4.74 Å². The molecule has 1 aliphatic rings. The molecule has 1 heterocycles. The Balaban J connectivity index is 2.08. The number of carbonyl (C=O) groups is 2. The van der Waals surface area contributed by atoms with Crippen LogP contribution in [0.5, 0.6) is 5.75 Å². The number of ether oxygens (including phenoxy) is 1. The van der Waals surface area contributed by atoms with Gasteiger partial charge in [-0.25, -0.2) is 4.39 Å². The molecule has 1 aliphatic heterocycles.